The van der Waals surface area contributed by atoms with Crippen molar-refractivity contribution in [2.75, 3.05) is 6.54 Å². The molecule has 0 aliphatic rings. The lowest BCUT2D eigenvalue weighted by atomic mass is 10.1. The van der Waals surface area contributed by atoms with E-state index in [0.717, 1.165) is 10.9 Å². The molecule has 0 saturated carbocycles. The van der Waals surface area contributed by atoms with Gasteiger partial charge in [0.25, 0.3) is 0 Å². The number of carbonyl (C=O) groups is 2. The van der Waals surface area contributed by atoms with E-state index in [0.29, 0.717) is 5.56 Å². The number of fused-ring (bicyclic) bond motifs is 1. The molecule has 0 saturated heterocycles. The third-order valence-electron chi connectivity index (χ3n) is 4.26. The smallest absolute Gasteiger partial charge is 0.307 e. The fraction of sp³-hybridized carbons (Fsp3) is 0.200. The van der Waals surface area contributed by atoms with Crippen LogP contribution in [0.2, 0.25) is 5.02 Å². The molecule has 0 amide bonds. The Morgan fingerprint density at radius 3 is 2.69 bits per heavy atom. The molecular formula is C20H19ClN2O5S. The van der Waals surface area contributed by atoms with Gasteiger partial charge in [0.2, 0.25) is 15.8 Å². The molecule has 0 fully saturated rings. The van der Waals surface area contributed by atoms with Gasteiger partial charge < -0.3 is 9.72 Å². The topological polar surface area (TPSA) is 105 Å². The van der Waals surface area contributed by atoms with Crippen LogP contribution in [0.5, 0.6) is 0 Å². The van der Waals surface area contributed by atoms with Crippen LogP contribution in [0.1, 0.15) is 23.7 Å². The van der Waals surface area contributed by atoms with Gasteiger partial charge in [-0.25, -0.2) is 13.1 Å². The van der Waals surface area contributed by atoms with Crippen LogP contribution in [-0.4, -0.2) is 37.8 Å². The van der Waals surface area contributed by atoms with Crippen LogP contribution < -0.4 is 4.72 Å². The minimum atomic E-state index is -3.80. The summed E-state index contributed by atoms with van der Waals surface area (Å²) < 4.78 is 31.9. The van der Waals surface area contributed by atoms with Gasteiger partial charge in [-0.05, 0) is 31.2 Å². The first-order chi connectivity index (χ1) is 13.8. The second-order valence-electron chi connectivity index (χ2n) is 6.35. The van der Waals surface area contributed by atoms with Crippen LogP contribution >= 0.6 is 11.6 Å². The number of carbonyl (C=O) groups excluding carboxylic acids is 2. The number of rotatable bonds is 8. The standard InChI is InChI=1S/C20H19ClN2O5S/c1-13(20(25)17-12-22-18-8-3-2-7-16(17)18)28-19(24)9-10-23-29(26,27)15-6-4-5-14(21)11-15/h2-8,11-13,22-23H,9-10H2,1H3/t13-/m1/s1. The molecule has 0 unspecified atom stereocenters. The summed E-state index contributed by atoms with van der Waals surface area (Å²) in [5.41, 5.74) is 1.24. The van der Waals surface area contributed by atoms with Crippen LogP contribution in [0.15, 0.2) is 59.6 Å². The monoisotopic (exact) mass is 434 g/mol. The van der Waals surface area contributed by atoms with Gasteiger partial charge in [-0.1, -0.05) is 35.9 Å². The quantitative estimate of drug-likeness (QED) is 0.418. The molecule has 0 aliphatic carbocycles. The van der Waals surface area contributed by atoms with Gasteiger partial charge in [0, 0.05) is 34.2 Å². The highest BCUT2D eigenvalue weighted by Crippen LogP contribution is 2.20. The van der Waals surface area contributed by atoms with E-state index in [9.17, 15) is 18.0 Å². The summed E-state index contributed by atoms with van der Waals surface area (Å²) in [6, 6.07) is 13.1. The second-order valence-corrected chi connectivity index (χ2v) is 8.55. The van der Waals surface area contributed by atoms with E-state index >= 15 is 0 Å². The first-order valence-electron chi connectivity index (χ1n) is 8.83. The molecule has 29 heavy (non-hydrogen) atoms. The molecule has 0 bridgehead atoms. The fourth-order valence-corrected chi connectivity index (χ4v) is 4.14. The number of hydrogen-bond acceptors (Lipinski definition) is 5. The summed E-state index contributed by atoms with van der Waals surface area (Å²) in [7, 11) is -3.80. The van der Waals surface area contributed by atoms with Crippen LogP contribution in [0.3, 0.4) is 0 Å². The Labute approximate surface area is 173 Å². The third-order valence-corrected chi connectivity index (χ3v) is 5.95. The number of sulfonamides is 1. The Morgan fingerprint density at radius 1 is 1.17 bits per heavy atom. The number of aromatic nitrogens is 1. The number of nitrogens with one attached hydrogen (secondary N) is 2. The van der Waals surface area contributed by atoms with Gasteiger partial charge in [0.1, 0.15) is 0 Å². The molecule has 152 valence electrons. The van der Waals surface area contributed by atoms with Gasteiger partial charge in [-0.15, -0.1) is 0 Å². The number of benzene rings is 2. The zero-order valence-corrected chi connectivity index (χ0v) is 17.1. The Morgan fingerprint density at radius 2 is 1.93 bits per heavy atom. The maximum absolute atomic E-state index is 12.6. The minimum absolute atomic E-state index is 0.00116. The lowest BCUT2D eigenvalue weighted by Crippen LogP contribution is -2.29. The average Bonchev–Trinajstić information content (AvgIpc) is 3.11. The van der Waals surface area contributed by atoms with Gasteiger partial charge in [-0.3, -0.25) is 9.59 Å². The molecule has 3 aromatic rings. The van der Waals surface area contributed by atoms with Crippen molar-refractivity contribution in [2.24, 2.45) is 0 Å². The normalized spacial score (nSPS) is 12.6. The van der Waals surface area contributed by atoms with E-state index in [4.69, 9.17) is 16.3 Å². The van der Waals surface area contributed by atoms with E-state index in [1.165, 1.54) is 25.1 Å². The van der Waals surface area contributed by atoms with Crippen molar-refractivity contribution in [3.05, 3.63) is 65.3 Å². The number of ketones is 1. The molecule has 7 nitrogen and oxygen atoms in total. The summed E-state index contributed by atoms with van der Waals surface area (Å²) in [5.74, 6) is -1.02. The molecule has 1 atom stereocenters. The highest BCUT2D eigenvalue weighted by atomic mass is 35.5. The molecule has 1 heterocycles. The Bertz CT molecular complexity index is 1160. The first kappa shape index (κ1) is 21.0. The molecule has 0 aliphatic heterocycles. The second kappa shape index (κ2) is 8.77. The molecule has 0 radical (unpaired) electrons. The SMILES string of the molecule is C[C@@H](OC(=O)CCNS(=O)(=O)c1cccc(Cl)c1)C(=O)c1c[nH]c2ccccc12. The predicted molar refractivity (Wildman–Crippen MR) is 109 cm³/mol. The van der Waals surface area contributed by atoms with Gasteiger partial charge >= 0.3 is 5.97 Å². The molecule has 1 aromatic heterocycles. The van der Waals surface area contributed by atoms with E-state index in [2.05, 4.69) is 9.71 Å². The van der Waals surface area contributed by atoms with E-state index in [1.807, 2.05) is 18.2 Å². The van der Waals surface area contributed by atoms with Crippen LogP contribution in [0.4, 0.5) is 0 Å². The van der Waals surface area contributed by atoms with Crippen molar-refractivity contribution in [3.63, 3.8) is 0 Å². The molecular weight excluding hydrogens is 416 g/mol. The van der Waals surface area contributed by atoms with Crippen molar-refractivity contribution in [2.45, 2.75) is 24.3 Å². The van der Waals surface area contributed by atoms with E-state index in [1.54, 1.807) is 18.3 Å². The van der Waals surface area contributed by atoms with E-state index in [-0.39, 0.29) is 28.7 Å². The number of Topliss-reactive ketones (excluding diaryl/α,β-unsaturated/α-hetero) is 1. The summed E-state index contributed by atoms with van der Waals surface area (Å²) in [4.78, 5) is 27.6. The first-order valence-corrected chi connectivity index (χ1v) is 10.7. The fourth-order valence-electron chi connectivity index (χ4n) is 2.81. The van der Waals surface area contributed by atoms with Gasteiger partial charge in [-0.2, -0.15) is 0 Å². The molecule has 2 N–H and O–H groups in total. The van der Waals surface area contributed by atoms with Crippen molar-refractivity contribution in [1.29, 1.82) is 0 Å². The van der Waals surface area contributed by atoms with Crippen LogP contribution in [-0.2, 0) is 19.6 Å². The number of para-hydroxylation sites is 1. The predicted octanol–water partition coefficient (Wildman–Crippen LogP) is 3.30. The van der Waals surface area contributed by atoms with Crippen molar-refractivity contribution < 1.29 is 22.7 Å². The molecule has 9 heteroatoms. The van der Waals surface area contributed by atoms with Gasteiger partial charge in [0.05, 0.1) is 11.3 Å². The minimum Gasteiger partial charge on any atom is -0.454 e. The number of H-pyrrole nitrogens is 1. The maximum atomic E-state index is 12.6. The highest BCUT2D eigenvalue weighted by molar-refractivity contribution is 7.89. The van der Waals surface area contributed by atoms with Crippen molar-refractivity contribution >= 4 is 44.3 Å². The van der Waals surface area contributed by atoms with Gasteiger partial charge in [0.15, 0.2) is 6.10 Å². The zero-order valence-electron chi connectivity index (χ0n) is 15.5. The zero-order chi connectivity index (χ0) is 21.0. The number of hydrogen-bond donors (Lipinski definition) is 2. The highest BCUT2D eigenvalue weighted by Gasteiger charge is 2.22. The van der Waals surface area contributed by atoms with Crippen LogP contribution in [0.25, 0.3) is 10.9 Å². The lowest BCUT2D eigenvalue weighted by Gasteiger charge is -2.12. The number of halogens is 1. The van der Waals surface area contributed by atoms with E-state index < -0.39 is 22.1 Å². The molecule has 3 rings (SSSR count). The number of aromatic amines is 1. The Hall–Kier alpha value is -2.68. The summed E-state index contributed by atoms with van der Waals surface area (Å²) in [6.45, 7) is 1.32. The molecule has 0 spiro atoms. The molecule has 2 aromatic carbocycles. The van der Waals surface area contributed by atoms with Crippen LogP contribution in [0, 0.1) is 0 Å². The average molecular weight is 435 g/mol. The number of ether oxygens (including phenoxy) is 1. The maximum Gasteiger partial charge on any atom is 0.307 e. The van der Waals surface area contributed by atoms with Crippen molar-refractivity contribution in [3.8, 4) is 0 Å². The summed E-state index contributed by atoms with van der Waals surface area (Å²) >= 11 is 5.80. The van der Waals surface area contributed by atoms with Crippen molar-refractivity contribution in [1.82, 2.24) is 9.71 Å². The Kier molecular flexibility index (Phi) is 6.36. The lowest BCUT2D eigenvalue weighted by molar-refractivity contribution is -0.146. The number of esters is 1. The summed E-state index contributed by atoms with van der Waals surface area (Å²) in [6.07, 6.45) is 0.369. The third kappa shape index (κ3) is 5.03. The largest absolute Gasteiger partial charge is 0.454 e. The Balaban J connectivity index is 1.54. The summed E-state index contributed by atoms with van der Waals surface area (Å²) in [5, 5.41) is 1.03.